The first-order valence-electron chi connectivity index (χ1n) is 10.4. The second kappa shape index (κ2) is 9.30. The van der Waals surface area contributed by atoms with Gasteiger partial charge in [0.2, 0.25) is 0 Å². The maximum Gasteiger partial charge on any atom is 0.266 e. The van der Waals surface area contributed by atoms with E-state index in [-0.39, 0.29) is 5.91 Å². The Morgan fingerprint density at radius 2 is 1.94 bits per heavy atom. The van der Waals surface area contributed by atoms with Gasteiger partial charge in [-0.05, 0) is 54.8 Å². The molecule has 1 aliphatic rings. The molecule has 164 valence electrons. The normalized spacial score (nSPS) is 15.3. The first-order chi connectivity index (χ1) is 15.4. The molecule has 3 aromatic rings. The molecule has 32 heavy (non-hydrogen) atoms. The summed E-state index contributed by atoms with van der Waals surface area (Å²) in [5.41, 5.74) is 4.66. The Hall–Kier alpha value is -2.90. The fourth-order valence-electron chi connectivity index (χ4n) is 3.61. The maximum absolute atomic E-state index is 13.0. The van der Waals surface area contributed by atoms with Crippen molar-refractivity contribution in [2.24, 2.45) is 5.92 Å². The first kappa shape index (κ1) is 22.3. The zero-order valence-electron chi connectivity index (χ0n) is 18.5. The van der Waals surface area contributed by atoms with E-state index in [0.717, 1.165) is 33.8 Å². The Bertz CT molecular complexity index is 1200. The van der Waals surface area contributed by atoms with Crippen molar-refractivity contribution in [2.45, 2.75) is 20.8 Å². The molecular formula is C25H25N3O2S2. The Labute approximate surface area is 198 Å². The number of amides is 1. The number of aromatic nitrogens is 2. The topological polar surface area (TPSA) is 47.4 Å². The number of thioether (sulfide) groups is 1. The summed E-state index contributed by atoms with van der Waals surface area (Å²) in [6, 6.07) is 15.9. The molecule has 0 saturated carbocycles. The summed E-state index contributed by atoms with van der Waals surface area (Å²) in [5.74, 6) is 1.10. The molecule has 2 aromatic carbocycles. The van der Waals surface area contributed by atoms with Gasteiger partial charge in [0.25, 0.3) is 5.91 Å². The van der Waals surface area contributed by atoms with Crippen LogP contribution in [0.3, 0.4) is 0 Å². The van der Waals surface area contributed by atoms with E-state index in [9.17, 15) is 4.79 Å². The van der Waals surface area contributed by atoms with Gasteiger partial charge in [-0.25, -0.2) is 4.68 Å². The highest BCUT2D eigenvalue weighted by Gasteiger charge is 2.32. The van der Waals surface area contributed by atoms with Crippen LogP contribution in [-0.4, -0.2) is 38.6 Å². The van der Waals surface area contributed by atoms with Gasteiger partial charge in [0.15, 0.2) is 0 Å². The fourth-order valence-corrected chi connectivity index (χ4v) is 4.87. The van der Waals surface area contributed by atoms with Gasteiger partial charge in [0, 0.05) is 23.9 Å². The lowest BCUT2D eigenvalue weighted by atomic mass is 10.0. The summed E-state index contributed by atoms with van der Waals surface area (Å²) in [6.07, 6.45) is 3.87. The molecular weight excluding hydrogens is 438 g/mol. The van der Waals surface area contributed by atoms with Crippen molar-refractivity contribution in [1.82, 2.24) is 14.7 Å². The number of carbonyl (C=O) groups excluding carboxylic acids is 1. The van der Waals surface area contributed by atoms with E-state index >= 15 is 0 Å². The molecule has 7 heteroatoms. The minimum Gasteiger partial charge on any atom is -0.497 e. The van der Waals surface area contributed by atoms with Crippen LogP contribution in [0, 0.1) is 12.8 Å². The van der Waals surface area contributed by atoms with Crippen molar-refractivity contribution >= 4 is 40.3 Å². The third-order valence-corrected chi connectivity index (χ3v) is 6.54. The number of methoxy groups -OCH3 is 1. The number of nitrogens with zero attached hydrogens (tertiary/aromatic N) is 3. The molecule has 0 aliphatic carbocycles. The number of thiocarbonyl (C=S) groups is 1. The van der Waals surface area contributed by atoms with Crippen molar-refractivity contribution in [3.63, 3.8) is 0 Å². The fraction of sp³-hybridized carbons (Fsp3) is 0.240. The monoisotopic (exact) mass is 463 g/mol. The minimum absolute atomic E-state index is 0.0430. The summed E-state index contributed by atoms with van der Waals surface area (Å²) in [7, 11) is 1.66. The van der Waals surface area contributed by atoms with E-state index in [0.29, 0.717) is 21.7 Å². The van der Waals surface area contributed by atoms with Crippen LogP contribution >= 0.6 is 24.0 Å². The number of hydrogen-bond acceptors (Lipinski definition) is 5. The van der Waals surface area contributed by atoms with E-state index in [1.807, 2.05) is 72.4 Å². The predicted molar refractivity (Wildman–Crippen MR) is 135 cm³/mol. The summed E-state index contributed by atoms with van der Waals surface area (Å²) in [4.78, 5) is 15.3. The zero-order valence-corrected chi connectivity index (χ0v) is 20.2. The quantitative estimate of drug-likeness (QED) is 0.346. The van der Waals surface area contributed by atoms with Gasteiger partial charge >= 0.3 is 0 Å². The molecule has 1 fully saturated rings. The van der Waals surface area contributed by atoms with Crippen LogP contribution in [0.2, 0.25) is 0 Å². The highest BCUT2D eigenvalue weighted by molar-refractivity contribution is 8.26. The summed E-state index contributed by atoms with van der Waals surface area (Å²) < 4.78 is 7.81. The van der Waals surface area contributed by atoms with Crippen LogP contribution in [0.5, 0.6) is 5.75 Å². The molecule has 0 radical (unpaired) electrons. The standard InChI is InChI=1S/C25H25N3O2S2/c1-16(2)14-27-24(29)22(32-25(27)31)13-18-15-28(19-8-6-5-7-9-19)26-23(18)21-11-10-20(30-4)12-17(21)3/h5-13,15-16H,14H2,1-4H3/b22-13-. The SMILES string of the molecule is COc1ccc(-c2nn(-c3ccccc3)cc2/C=C2\SC(=S)N(CC(C)C)C2=O)c(C)c1. The summed E-state index contributed by atoms with van der Waals surface area (Å²) >= 11 is 6.83. The number of para-hydroxylation sites is 1. The molecule has 0 bridgehead atoms. The predicted octanol–water partition coefficient (Wildman–Crippen LogP) is 5.71. The Morgan fingerprint density at radius 3 is 2.59 bits per heavy atom. The van der Waals surface area contributed by atoms with Gasteiger partial charge in [0.05, 0.1) is 17.7 Å². The average Bonchev–Trinajstić information content (AvgIpc) is 3.30. The highest BCUT2D eigenvalue weighted by Crippen LogP contribution is 2.36. The number of rotatable bonds is 6. The molecule has 0 unspecified atom stereocenters. The highest BCUT2D eigenvalue weighted by atomic mass is 32.2. The van der Waals surface area contributed by atoms with Crippen molar-refractivity contribution in [1.29, 1.82) is 0 Å². The van der Waals surface area contributed by atoms with E-state index in [1.54, 1.807) is 12.0 Å². The van der Waals surface area contributed by atoms with Crippen molar-refractivity contribution in [2.75, 3.05) is 13.7 Å². The van der Waals surface area contributed by atoms with E-state index in [2.05, 4.69) is 13.8 Å². The lowest BCUT2D eigenvalue weighted by molar-refractivity contribution is -0.122. The molecule has 0 spiro atoms. The number of hydrogen-bond donors (Lipinski definition) is 0. The lowest BCUT2D eigenvalue weighted by Crippen LogP contribution is -2.31. The van der Waals surface area contributed by atoms with Gasteiger partial charge in [-0.3, -0.25) is 9.69 Å². The lowest BCUT2D eigenvalue weighted by Gasteiger charge is -2.16. The van der Waals surface area contributed by atoms with Crippen LogP contribution < -0.4 is 4.74 Å². The van der Waals surface area contributed by atoms with E-state index in [4.69, 9.17) is 22.1 Å². The molecule has 0 N–H and O–H groups in total. The van der Waals surface area contributed by atoms with Gasteiger partial charge < -0.3 is 4.74 Å². The molecule has 1 amide bonds. The number of benzene rings is 2. The molecule has 5 nitrogen and oxygen atoms in total. The maximum atomic E-state index is 13.0. The number of aryl methyl sites for hydroxylation is 1. The van der Waals surface area contributed by atoms with Gasteiger partial charge in [-0.2, -0.15) is 5.10 Å². The van der Waals surface area contributed by atoms with E-state index in [1.165, 1.54) is 11.8 Å². The second-order valence-electron chi connectivity index (χ2n) is 8.08. The molecule has 2 heterocycles. The molecule has 1 aliphatic heterocycles. The number of carbonyl (C=O) groups is 1. The summed E-state index contributed by atoms with van der Waals surface area (Å²) in [6.45, 7) is 6.81. The van der Waals surface area contributed by atoms with Gasteiger partial charge in [0.1, 0.15) is 15.8 Å². The Morgan fingerprint density at radius 1 is 1.19 bits per heavy atom. The number of ether oxygens (including phenoxy) is 1. The molecule has 0 atom stereocenters. The van der Waals surface area contributed by atoms with Crippen molar-refractivity contribution < 1.29 is 9.53 Å². The van der Waals surface area contributed by atoms with Crippen LogP contribution in [-0.2, 0) is 4.79 Å². The molecule has 4 rings (SSSR count). The minimum atomic E-state index is -0.0430. The molecule has 1 aromatic heterocycles. The Kier molecular flexibility index (Phi) is 6.48. The van der Waals surface area contributed by atoms with Crippen LogP contribution in [0.15, 0.2) is 59.6 Å². The van der Waals surface area contributed by atoms with Crippen molar-refractivity contribution in [3.8, 4) is 22.7 Å². The third-order valence-electron chi connectivity index (χ3n) is 5.16. The van der Waals surface area contributed by atoms with Gasteiger partial charge in [-0.1, -0.05) is 56.0 Å². The smallest absolute Gasteiger partial charge is 0.266 e. The van der Waals surface area contributed by atoms with Crippen LogP contribution in [0.1, 0.15) is 25.0 Å². The summed E-state index contributed by atoms with van der Waals surface area (Å²) in [5, 5.41) is 4.88. The average molecular weight is 464 g/mol. The van der Waals surface area contributed by atoms with Gasteiger partial charge in [-0.15, -0.1) is 0 Å². The molecule has 1 saturated heterocycles. The van der Waals surface area contributed by atoms with Crippen LogP contribution in [0.25, 0.3) is 23.0 Å². The van der Waals surface area contributed by atoms with E-state index < -0.39 is 0 Å². The van der Waals surface area contributed by atoms with Crippen molar-refractivity contribution in [3.05, 3.63) is 70.8 Å². The first-order valence-corrected chi connectivity index (χ1v) is 11.7. The van der Waals surface area contributed by atoms with Crippen LogP contribution in [0.4, 0.5) is 0 Å². The second-order valence-corrected chi connectivity index (χ2v) is 9.76. The third kappa shape index (κ3) is 4.49. The zero-order chi connectivity index (χ0) is 22.8. The largest absolute Gasteiger partial charge is 0.497 e. The Balaban J connectivity index is 1.81.